The molecule has 0 aromatic heterocycles. The summed E-state index contributed by atoms with van der Waals surface area (Å²) < 4.78 is 6.74. The molecule has 0 fully saturated rings. The van der Waals surface area contributed by atoms with Gasteiger partial charge in [-0.25, -0.2) is 9.59 Å². The van der Waals surface area contributed by atoms with Crippen LogP contribution in [-0.4, -0.2) is 25.2 Å². The number of carbonyl (C=O) groups is 2. The molecule has 4 amide bonds. The molecular weight excluding hydrogens is 532 g/mol. The molecular formula is C29H27BrN4O3. The van der Waals surface area contributed by atoms with Crippen molar-refractivity contribution in [3.63, 3.8) is 0 Å². The number of ether oxygens (including phenoxy) is 1. The smallest absolute Gasteiger partial charge is 0.326 e. The quantitative estimate of drug-likeness (QED) is 0.210. The fourth-order valence-corrected chi connectivity index (χ4v) is 3.92. The maximum atomic E-state index is 13.2. The molecule has 0 heterocycles. The summed E-state index contributed by atoms with van der Waals surface area (Å²) in [6, 6.07) is 30.9. The number of nitrogens with one attached hydrogen (secondary N) is 3. The summed E-state index contributed by atoms with van der Waals surface area (Å²) in [5.41, 5.74) is 3.11. The van der Waals surface area contributed by atoms with Crippen molar-refractivity contribution in [3.8, 4) is 11.5 Å². The van der Waals surface area contributed by atoms with Crippen LogP contribution in [0.3, 0.4) is 0 Å². The highest BCUT2D eigenvalue weighted by atomic mass is 79.9. The summed E-state index contributed by atoms with van der Waals surface area (Å²) in [6.07, 6.45) is 0. The van der Waals surface area contributed by atoms with Gasteiger partial charge in [-0.2, -0.15) is 0 Å². The monoisotopic (exact) mass is 558 g/mol. The van der Waals surface area contributed by atoms with Crippen molar-refractivity contribution >= 4 is 45.1 Å². The topological polar surface area (TPSA) is 82.7 Å². The molecule has 0 atom stereocenters. The lowest BCUT2D eigenvalue weighted by atomic mass is 10.2. The van der Waals surface area contributed by atoms with E-state index >= 15 is 0 Å². The van der Waals surface area contributed by atoms with E-state index in [9.17, 15) is 9.59 Å². The molecule has 0 radical (unpaired) electrons. The first-order chi connectivity index (χ1) is 18.0. The van der Waals surface area contributed by atoms with Crippen molar-refractivity contribution in [1.82, 2.24) is 5.32 Å². The molecule has 188 valence electrons. The van der Waals surface area contributed by atoms with Crippen LogP contribution in [0, 0.1) is 6.92 Å². The van der Waals surface area contributed by atoms with Crippen molar-refractivity contribution in [2.75, 3.05) is 28.6 Å². The summed E-state index contributed by atoms with van der Waals surface area (Å²) in [7, 11) is 0. The highest BCUT2D eigenvalue weighted by molar-refractivity contribution is 9.10. The summed E-state index contributed by atoms with van der Waals surface area (Å²) >= 11 is 3.39. The summed E-state index contributed by atoms with van der Waals surface area (Å²) in [6.45, 7) is 2.48. The Bertz CT molecular complexity index is 1330. The highest BCUT2D eigenvalue weighted by Crippen LogP contribution is 2.25. The fraction of sp³-hybridized carbons (Fsp3) is 0.103. The number of anilines is 3. The third-order valence-corrected chi connectivity index (χ3v) is 5.87. The zero-order valence-corrected chi connectivity index (χ0v) is 21.9. The van der Waals surface area contributed by atoms with E-state index in [1.807, 2.05) is 97.9 Å². The van der Waals surface area contributed by atoms with Gasteiger partial charge in [0.15, 0.2) is 0 Å². The number of rotatable bonds is 8. The standard InChI is InChI=1S/C29H27BrN4O3/c1-21-10-12-23(13-11-21)33-29(36)34(19-18-31-28(35)32-24-7-5-6-22(30)20-24)25-14-16-27(17-15-25)37-26-8-3-2-4-9-26/h2-17,20H,18-19H2,1H3,(H,33,36)(H2,31,32,35). The van der Waals surface area contributed by atoms with E-state index in [1.165, 1.54) is 0 Å². The van der Waals surface area contributed by atoms with Gasteiger partial charge in [0.25, 0.3) is 0 Å². The van der Waals surface area contributed by atoms with Gasteiger partial charge in [-0.15, -0.1) is 0 Å². The number of hydrogen-bond donors (Lipinski definition) is 3. The van der Waals surface area contributed by atoms with E-state index < -0.39 is 0 Å². The van der Waals surface area contributed by atoms with Gasteiger partial charge in [-0.05, 0) is 73.7 Å². The molecule has 0 saturated heterocycles. The second kappa shape index (κ2) is 12.6. The molecule has 3 N–H and O–H groups in total. The molecule has 8 heteroatoms. The molecule has 4 aromatic rings. The van der Waals surface area contributed by atoms with Crippen LogP contribution in [0.15, 0.2) is 108 Å². The predicted molar refractivity (Wildman–Crippen MR) is 152 cm³/mol. The van der Waals surface area contributed by atoms with Gasteiger partial charge in [0.2, 0.25) is 0 Å². The molecule has 4 aromatic carbocycles. The second-order valence-electron chi connectivity index (χ2n) is 8.25. The van der Waals surface area contributed by atoms with Gasteiger partial charge in [0, 0.05) is 34.6 Å². The van der Waals surface area contributed by atoms with Crippen molar-refractivity contribution in [1.29, 1.82) is 0 Å². The SMILES string of the molecule is Cc1ccc(NC(=O)N(CCNC(=O)Nc2cccc(Br)c2)c2ccc(Oc3ccccc3)cc2)cc1. The largest absolute Gasteiger partial charge is 0.457 e. The van der Waals surface area contributed by atoms with Crippen LogP contribution in [0.25, 0.3) is 0 Å². The lowest BCUT2D eigenvalue weighted by molar-refractivity contribution is 0.250. The Hall–Kier alpha value is -4.30. The number of nitrogens with zero attached hydrogens (tertiary/aromatic N) is 1. The number of hydrogen-bond acceptors (Lipinski definition) is 3. The molecule has 7 nitrogen and oxygen atoms in total. The first kappa shape index (κ1) is 25.8. The molecule has 0 aliphatic heterocycles. The minimum Gasteiger partial charge on any atom is -0.457 e. The lowest BCUT2D eigenvalue weighted by Crippen LogP contribution is -2.42. The normalized spacial score (nSPS) is 10.3. The van der Waals surface area contributed by atoms with Gasteiger partial charge in [-0.3, -0.25) is 4.90 Å². The predicted octanol–water partition coefficient (Wildman–Crippen LogP) is 7.41. The Balaban J connectivity index is 1.43. The van der Waals surface area contributed by atoms with Crippen molar-refractivity contribution in [3.05, 3.63) is 113 Å². The van der Waals surface area contributed by atoms with E-state index in [4.69, 9.17) is 4.74 Å². The number of halogens is 1. The Morgan fingerprint density at radius 1 is 0.784 bits per heavy atom. The van der Waals surface area contributed by atoms with E-state index in [1.54, 1.807) is 17.0 Å². The second-order valence-corrected chi connectivity index (χ2v) is 9.16. The first-order valence-corrected chi connectivity index (χ1v) is 12.5. The van der Waals surface area contributed by atoms with Crippen LogP contribution in [0.4, 0.5) is 26.7 Å². The molecule has 4 rings (SSSR count). The molecule has 37 heavy (non-hydrogen) atoms. The zero-order chi connectivity index (χ0) is 26.0. The highest BCUT2D eigenvalue weighted by Gasteiger charge is 2.17. The summed E-state index contributed by atoms with van der Waals surface area (Å²) in [4.78, 5) is 27.2. The Morgan fingerprint density at radius 2 is 1.49 bits per heavy atom. The van der Waals surface area contributed by atoms with Crippen LogP contribution in [0.1, 0.15) is 5.56 Å². The number of para-hydroxylation sites is 1. The number of benzene rings is 4. The summed E-state index contributed by atoms with van der Waals surface area (Å²) in [5, 5.41) is 8.52. The van der Waals surface area contributed by atoms with Crippen LogP contribution in [0.5, 0.6) is 11.5 Å². The minimum atomic E-state index is -0.358. The molecule has 0 aliphatic carbocycles. The minimum absolute atomic E-state index is 0.240. The van der Waals surface area contributed by atoms with E-state index in [0.29, 0.717) is 22.8 Å². The maximum absolute atomic E-state index is 13.2. The van der Waals surface area contributed by atoms with Crippen molar-refractivity contribution in [2.24, 2.45) is 0 Å². The third kappa shape index (κ3) is 7.85. The molecule has 0 unspecified atom stereocenters. The first-order valence-electron chi connectivity index (χ1n) is 11.7. The third-order valence-electron chi connectivity index (χ3n) is 5.38. The van der Waals surface area contributed by atoms with Gasteiger partial charge in [0.05, 0.1) is 0 Å². The number of aryl methyl sites for hydroxylation is 1. The summed E-state index contributed by atoms with van der Waals surface area (Å²) in [5.74, 6) is 1.38. The van der Waals surface area contributed by atoms with Crippen LogP contribution in [-0.2, 0) is 0 Å². The van der Waals surface area contributed by atoms with Gasteiger partial charge in [-0.1, -0.05) is 57.9 Å². The molecule has 0 saturated carbocycles. The van der Waals surface area contributed by atoms with E-state index in [2.05, 4.69) is 31.9 Å². The number of urea groups is 2. The van der Waals surface area contributed by atoms with Crippen molar-refractivity contribution in [2.45, 2.75) is 6.92 Å². The number of amides is 4. The molecule has 0 aliphatic rings. The van der Waals surface area contributed by atoms with Crippen LogP contribution in [0.2, 0.25) is 0 Å². The zero-order valence-electron chi connectivity index (χ0n) is 20.3. The fourth-order valence-electron chi connectivity index (χ4n) is 3.52. The number of carbonyl (C=O) groups excluding carboxylic acids is 2. The van der Waals surface area contributed by atoms with Crippen LogP contribution < -0.4 is 25.6 Å². The van der Waals surface area contributed by atoms with Crippen LogP contribution >= 0.6 is 15.9 Å². The maximum Gasteiger partial charge on any atom is 0.326 e. The van der Waals surface area contributed by atoms with E-state index in [-0.39, 0.29) is 25.2 Å². The molecule has 0 bridgehead atoms. The Morgan fingerprint density at radius 3 is 2.19 bits per heavy atom. The average molecular weight is 559 g/mol. The Labute approximate surface area is 224 Å². The van der Waals surface area contributed by atoms with Gasteiger partial charge >= 0.3 is 12.1 Å². The van der Waals surface area contributed by atoms with E-state index in [0.717, 1.165) is 15.8 Å². The van der Waals surface area contributed by atoms with Gasteiger partial charge < -0.3 is 20.7 Å². The van der Waals surface area contributed by atoms with Gasteiger partial charge in [0.1, 0.15) is 11.5 Å². The lowest BCUT2D eigenvalue weighted by Gasteiger charge is -2.24. The average Bonchev–Trinajstić information content (AvgIpc) is 2.89. The molecule has 0 spiro atoms. The Kier molecular flexibility index (Phi) is 8.78. The van der Waals surface area contributed by atoms with Crippen molar-refractivity contribution < 1.29 is 14.3 Å².